The van der Waals surface area contributed by atoms with E-state index in [1.54, 1.807) is 13.8 Å². The second-order valence-corrected chi connectivity index (χ2v) is 10.4. The van der Waals surface area contributed by atoms with Crippen LogP contribution >= 0.6 is 0 Å². The van der Waals surface area contributed by atoms with Crippen molar-refractivity contribution in [3.8, 4) is 0 Å². The largest absolute Gasteiger partial charge is 0.416 e. The average molecular weight is 444 g/mol. The SMILES string of the molecule is CCS(=O)(=O)N1CC(c2nc(C)no2)C2(CN(Cc3ccc(C(F)(F)F)cc3)C2)C1. The smallest absolute Gasteiger partial charge is 0.339 e. The Morgan fingerprint density at radius 2 is 1.87 bits per heavy atom. The Morgan fingerprint density at radius 1 is 1.20 bits per heavy atom. The summed E-state index contributed by atoms with van der Waals surface area (Å²) in [6, 6.07) is 5.13. The third-order valence-corrected chi connectivity index (χ3v) is 7.78. The Hall–Kier alpha value is -1.98. The van der Waals surface area contributed by atoms with E-state index >= 15 is 0 Å². The second kappa shape index (κ2) is 7.31. The molecule has 2 fully saturated rings. The van der Waals surface area contributed by atoms with Gasteiger partial charge in [0.2, 0.25) is 15.9 Å². The van der Waals surface area contributed by atoms with Crippen LogP contribution in [0.2, 0.25) is 0 Å². The lowest BCUT2D eigenvalue weighted by Crippen LogP contribution is -2.59. The van der Waals surface area contributed by atoms with Crippen LogP contribution in [0.25, 0.3) is 0 Å². The van der Waals surface area contributed by atoms with Crippen molar-refractivity contribution in [1.82, 2.24) is 19.3 Å². The monoisotopic (exact) mass is 444 g/mol. The second-order valence-electron chi connectivity index (χ2n) is 8.13. The summed E-state index contributed by atoms with van der Waals surface area (Å²) in [5.74, 6) is 0.755. The molecule has 1 aromatic carbocycles. The minimum Gasteiger partial charge on any atom is -0.339 e. The van der Waals surface area contributed by atoms with Crippen LogP contribution < -0.4 is 0 Å². The van der Waals surface area contributed by atoms with Gasteiger partial charge in [0.1, 0.15) is 0 Å². The lowest BCUT2D eigenvalue weighted by atomic mass is 9.71. The lowest BCUT2D eigenvalue weighted by molar-refractivity contribution is -0.137. The molecule has 30 heavy (non-hydrogen) atoms. The van der Waals surface area contributed by atoms with E-state index in [0.29, 0.717) is 44.4 Å². The molecule has 0 bridgehead atoms. The van der Waals surface area contributed by atoms with Gasteiger partial charge >= 0.3 is 6.18 Å². The first kappa shape index (κ1) is 21.3. The first-order valence-electron chi connectivity index (χ1n) is 9.69. The van der Waals surface area contributed by atoms with Gasteiger partial charge in [0.05, 0.1) is 17.2 Å². The molecule has 0 N–H and O–H groups in total. The molecule has 2 aromatic rings. The molecule has 1 aromatic heterocycles. The molecule has 2 saturated heterocycles. The zero-order valence-electron chi connectivity index (χ0n) is 16.7. The quantitative estimate of drug-likeness (QED) is 0.706. The molecule has 4 rings (SSSR count). The average Bonchev–Trinajstić information content (AvgIpc) is 3.25. The van der Waals surface area contributed by atoms with Crippen LogP contribution in [-0.2, 0) is 22.7 Å². The molecule has 0 radical (unpaired) electrons. The topological polar surface area (TPSA) is 79.5 Å². The van der Waals surface area contributed by atoms with Crippen molar-refractivity contribution in [3.63, 3.8) is 0 Å². The van der Waals surface area contributed by atoms with Crippen molar-refractivity contribution in [2.45, 2.75) is 32.5 Å². The highest BCUT2D eigenvalue weighted by atomic mass is 32.2. The number of nitrogens with zero attached hydrogens (tertiary/aromatic N) is 4. The van der Waals surface area contributed by atoms with Gasteiger partial charge in [0.15, 0.2) is 5.82 Å². The molecular weight excluding hydrogens is 421 g/mol. The van der Waals surface area contributed by atoms with Gasteiger partial charge in [-0.3, -0.25) is 4.90 Å². The number of aromatic nitrogens is 2. The Kier molecular flexibility index (Phi) is 5.18. The summed E-state index contributed by atoms with van der Waals surface area (Å²) in [5.41, 5.74) is -0.235. The van der Waals surface area contributed by atoms with Crippen LogP contribution in [0.15, 0.2) is 28.8 Å². The zero-order chi connectivity index (χ0) is 21.7. The van der Waals surface area contributed by atoms with E-state index in [1.165, 1.54) is 16.4 Å². The van der Waals surface area contributed by atoms with E-state index in [2.05, 4.69) is 15.0 Å². The van der Waals surface area contributed by atoms with Crippen molar-refractivity contribution in [1.29, 1.82) is 0 Å². The molecule has 2 aliphatic rings. The van der Waals surface area contributed by atoms with Crippen molar-refractivity contribution >= 4 is 10.0 Å². The van der Waals surface area contributed by atoms with Crippen LogP contribution in [0, 0.1) is 12.3 Å². The third kappa shape index (κ3) is 3.85. The van der Waals surface area contributed by atoms with Gasteiger partial charge in [-0.2, -0.15) is 18.2 Å². The molecule has 1 atom stereocenters. The normalized spacial score (nSPS) is 22.5. The van der Waals surface area contributed by atoms with Crippen molar-refractivity contribution in [2.24, 2.45) is 5.41 Å². The predicted molar refractivity (Wildman–Crippen MR) is 102 cm³/mol. The highest BCUT2D eigenvalue weighted by molar-refractivity contribution is 7.89. The summed E-state index contributed by atoms with van der Waals surface area (Å²) in [7, 11) is -3.36. The first-order chi connectivity index (χ1) is 14.0. The summed E-state index contributed by atoms with van der Waals surface area (Å²) < 4.78 is 70.0. The molecule has 3 heterocycles. The van der Waals surface area contributed by atoms with Crippen LogP contribution in [0.4, 0.5) is 13.2 Å². The summed E-state index contributed by atoms with van der Waals surface area (Å²) >= 11 is 0. The van der Waals surface area contributed by atoms with E-state index in [9.17, 15) is 21.6 Å². The van der Waals surface area contributed by atoms with Crippen LogP contribution in [0.3, 0.4) is 0 Å². The summed E-state index contributed by atoms with van der Waals surface area (Å²) in [4.78, 5) is 6.43. The molecular formula is C19H23F3N4O3S. The molecule has 0 aliphatic carbocycles. The number of sulfonamides is 1. The maximum absolute atomic E-state index is 12.7. The van der Waals surface area contributed by atoms with E-state index in [1.807, 2.05) is 0 Å². The molecule has 11 heteroatoms. The van der Waals surface area contributed by atoms with Crippen LogP contribution in [0.1, 0.15) is 35.7 Å². The standard InChI is InChI=1S/C19H23F3N4O3S/c1-3-30(27,28)26-9-16(17-23-13(2)24-29-17)18(12-26)10-25(11-18)8-14-4-6-15(7-5-14)19(20,21)22/h4-7,16H,3,8-12H2,1-2H3. The molecule has 0 amide bonds. The summed E-state index contributed by atoms with van der Waals surface area (Å²) in [6.45, 7) is 5.71. The van der Waals surface area contributed by atoms with Crippen molar-refractivity contribution < 1.29 is 26.1 Å². The third-order valence-electron chi connectivity index (χ3n) is 5.98. The van der Waals surface area contributed by atoms with Gasteiger partial charge in [0, 0.05) is 38.1 Å². The van der Waals surface area contributed by atoms with Gasteiger partial charge in [-0.25, -0.2) is 12.7 Å². The van der Waals surface area contributed by atoms with E-state index in [-0.39, 0.29) is 17.1 Å². The summed E-state index contributed by atoms with van der Waals surface area (Å²) in [5, 5.41) is 3.85. The highest BCUT2D eigenvalue weighted by Gasteiger charge is 2.58. The number of hydrogen-bond acceptors (Lipinski definition) is 6. The molecule has 1 unspecified atom stereocenters. The lowest BCUT2D eigenvalue weighted by Gasteiger charge is -2.50. The van der Waals surface area contributed by atoms with Gasteiger partial charge in [-0.1, -0.05) is 17.3 Å². The first-order valence-corrected chi connectivity index (χ1v) is 11.3. The number of likely N-dealkylation sites (tertiary alicyclic amines) is 1. The molecule has 2 aliphatic heterocycles. The number of rotatable bonds is 5. The molecule has 164 valence electrons. The van der Waals surface area contributed by atoms with E-state index in [4.69, 9.17) is 4.52 Å². The maximum Gasteiger partial charge on any atom is 0.416 e. The minimum absolute atomic E-state index is 0.0218. The minimum atomic E-state index is -4.35. The van der Waals surface area contributed by atoms with Gasteiger partial charge < -0.3 is 4.52 Å². The number of benzene rings is 1. The fourth-order valence-corrected chi connectivity index (χ4v) is 5.64. The van der Waals surface area contributed by atoms with Crippen LogP contribution in [0.5, 0.6) is 0 Å². The molecule has 1 spiro atoms. The van der Waals surface area contributed by atoms with Crippen LogP contribution in [-0.4, -0.2) is 59.7 Å². The van der Waals surface area contributed by atoms with E-state index < -0.39 is 21.8 Å². The van der Waals surface area contributed by atoms with Gasteiger partial charge in [0.25, 0.3) is 0 Å². The van der Waals surface area contributed by atoms with Crippen molar-refractivity contribution in [3.05, 3.63) is 47.1 Å². The molecule has 7 nitrogen and oxygen atoms in total. The zero-order valence-corrected chi connectivity index (χ0v) is 17.5. The molecule has 0 saturated carbocycles. The fourth-order valence-electron chi connectivity index (χ4n) is 4.45. The number of alkyl halides is 3. The van der Waals surface area contributed by atoms with Gasteiger partial charge in [-0.15, -0.1) is 0 Å². The Labute approximate surface area is 172 Å². The number of halogens is 3. The van der Waals surface area contributed by atoms with Gasteiger partial charge in [-0.05, 0) is 31.5 Å². The number of hydrogen-bond donors (Lipinski definition) is 0. The van der Waals surface area contributed by atoms with Crippen molar-refractivity contribution in [2.75, 3.05) is 31.9 Å². The summed E-state index contributed by atoms with van der Waals surface area (Å²) in [6.07, 6.45) is -4.35. The Balaban J connectivity index is 1.49. The predicted octanol–water partition coefficient (Wildman–Crippen LogP) is 2.65. The van der Waals surface area contributed by atoms with E-state index in [0.717, 1.165) is 17.7 Å². The fraction of sp³-hybridized carbons (Fsp3) is 0.579. The highest BCUT2D eigenvalue weighted by Crippen LogP contribution is 2.49. The Bertz CT molecular complexity index is 1010. The number of aryl methyl sites for hydroxylation is 1. The Morgan fingerprint density at radius 3 is 2.40 bits per heavy atom. The maximum atomic E-state index is 12.7.